The molecule has 1 saturated heterocycles. The van der Waals surface area contributed by atoms with E-state index >= 15 is 0 Å². The summed E-state index contributed by atoms with van der Waals surface area (Å²) < 4.78 is 0. The van der Waals surface area contributed by atoms with Crippen molar-refractivity contribution in [3.05, 3.63) is 0 Å². The normalized spacial score (nSPS) is 30.0. The first-order valence-electron chi connectivity index (χ1n) is 6.63. The monoisotopic (exact) mass is 244 g/mol. The van der Waals surface area contributed by atoms with Gasteiger partial charge in [-0.25, -0.2) is 0 Å². The third-order valence-electron chi connectivity index (χ3n) is 3.85. The van der Waals surface area contributed by atoms with Crippen LogP contribution in [-0.2, 0) is 0 Å². The number of hydrogen-bond donors (Lipinski definition) is 1. The fourth-order valence-electron chi connectivity index (χ4n) is 2.48. The molecule has 3 heteroatoms. The van der Waals surface area contributed by atoms with Gasteiger partial charge in [0.25, 0.3) is 0 Å². The Bertz CT molecular complexity index is 198. The molecule has 96 valence electrons. The molecule has 16 heavy (non-hydrogen) atoms. The highest BCUT2D eigenvalue weighted by Crippen LogP contribution is 2.19. The van der Waals surface area contributed by atoms with Crippen LogP contribution < -0.4 is 5.32 Å². The molecule has 1 aliphatic rings. The molecule has 1 aliphatic heterocycles. The van der Waals surface area contributed by atoms with Crippen LogP contribution in [0.15, 0.2) is 0 Å². The fourth-order valence-corrected chi connectivity index (χ4v) is 3.31. The van der Waals surface area contributed by atoms with Crippen molar-refractivity contribution in [3.63, 3.8) is 0 Å². The molecule has 0 aromatic rings. The van der Waals surface area contributed by atoms with Gasteiger partial charge in [0.05, 0.1) is 0 Å². The maximum absolute atomic E-state index is 3.71. The van der Waals surface area contributed by atoms with Gasteiger partial charge in [-0.3, -0.25) is 4.90 Å². The molecule has 0 aliphatic carbocycles. The van der Waals surface area contributed by atoms with Crippen LogP contribution in [0.5, 0.6) is 0 Å². The largest absolute Gasteiger partial charge is 0.310 e. The Morgan fingerprint density at radius 2 is 2.19 bits per heavy atom. The van der Waals surface area contributed by atoms with Crippen molar-refractivity contribution in [2.24, 2.45) is 0 Å². The van der Waals surface area contributed by atoms with Crippen LogP contribution in [0.2, 0.25) is 0 Å². The van der Waals surface area contributed by atoms with Crippen LogP contribution in [0.3, 0.4) is 0 Å². The highest BCUT2D eigenvalue weighted by Gasteiger charge is 2.29. The molecule has 2 atom stereocenters. The quantitative estimate of drug-likeness (QED) is 0.800. The van der Waals surface area contributed by atoms with Gasteiger partial charge in [0.2, 0.25) is 0 Å². The molecule has 0 saturated carbocycles. The van der Waals surface area contributed by atoms with E-state index in [4.69, 9.17) is 0 Å². The predicted molar refractivity (Wildman–Crippen MR) is 75.3 cm³/mol. The van der Waals surface area contributed by atoms with E-state index in [0.29, 0.717) is 5.54 Å². The maximum Gasteiger partial charge on any atom is 0.0277 e. The van der Waals surface area contributed by atoms with E-state index in [9.17, 15) is 0 Å². The molecule has 0 spiro atoms. The first-order chi connectivity index (χ1) is 7.65. The van der Waals surface area contributed by atoms with Crippen LogP contribution in [0.4, 0.5) is 0 Å². The van der Waals surface area contributed by atoms with Gasteiger partial charge in [-0.1, -0.05) is 13.8 Å². The molecular weight excluding hydrogens is 216 g/mol. The summed E-state index contributed by atoms with van der Waals surface area (Å²) in [5.41, 5.74) is 0.322. The third kappa shape index (κ3) is 3.94. The molecule has 2 nitrogen and oxygen atoms in total. The Labute approximate surface area is 106 Å². The molecule has 1 rings (SSSR count). The molecule has 1 heterocycles. The zero-order chi connectivity index (χ0) is 12.0. The Morgan fingerprint density at radius 3 is 2.75 bits per heavy atom. The van der Waals surface area contributed by atoms with Crippen molar-refractivity contribution < 1.29 is 0 Å². The minimum atomic E-state index is 0.322. The van der Waals surface area contributed by atoms with Gasteiger partial charge in [0.1, 0.15) is 0 Å². The Balaban J connectivity index is 2.62. The SMILES string of the molecule is CCC(CSC)N1CCCNC(C)(CC)C1. The molecule has 0 bridgehead atoms. The zero-order valence-electron chi connectivity index (χ0n) is 11.4. The van der Waals surface area contributed by atoms with Crippen molar-refractivity contribution in [2.75, 3.05) is 31.6 Å². The predicted octanol–water partition coefficient (Wildman–Crippen LogP) is 2.59. The molecule has 2 unspecified atom stereocenters. The lowest BCUT2D eigenvalue weighted by molar-refractivity contribution is 0.168. The van der Waals surface area contributed by atoms with Gasteiger partial charge in [-0.15, -0.1) is 0 Å². The van der Waals surface area contributed by atoms with Crippen molar-refractivity contribution in [3.8, 4) is 0 Å². The average Bonchev–Trinajstić information content (AvgIpc) is 2.49. The van der Waals surface area contributed by atoms with Crippen molar-refractivity contribution in [1.82, 2.24) is 10.2 Å². The highest BCUT2D eigenvalue weighted by molar-refractivity contribution is 7.98. The van der Waals surface area contributed by atoms with Crippen LogP contribution in [-0.4, -0.2) is 48.1 Å². The molecule has 0 aromatic carbocycles. The standard InChI is InChI=1S/C13H28N2S/c1-5-12(10-16-4)15-9-7-8-14-13(3,6-2)11-15/h12,14H,5-11H2,1-4H3. The van der Waals surface area contributed by atoms with Crippen LogP contribution >= 0.6 is 11.8 Å². The smallest absolute Gasteiger partial charge is 0.0277 e. The molecule has 1 fully saturated rings. The summed E-state index contributed by atoms with van der Waals surface area (Å²) in [6.45, 7) is 10.6. The van der Waals surface area contributed by atoms with Gasteiger partial charge in [-0.2, -0.15) is 11.8 Å². The average molecular weight is 244 g/mol. The summed E-state index contributed by atoms with van der Waals surface area (Å²) in [6, 6.07) is 0.765. The van der Waals surface area contributed by atoms with Crippen molar-refractivity contribution >= 4 is 11.8 Å². The molecule has 0 radical (unpaired) electrons. The van der Waals surface area contributed by atoms with E-state index in [0.717, 1.165) is 6.04 Å². The van der Waals surface area contributed by atoms with E-state index in [1.807, 2.05) is 11.8 Å². The summed E-state index contributed by atoms with van der Waals surface area (Å²) in [6.07, 6.45) is 6.01. The first-order valence-corrected chi connectivity index (χ1v) is 8.02. The second-order valence-corrected chi connectivity index (χ2v) is 6.09. The second kappa shape index (κ2) is 6.87. The van der Waals surface area contributed by atoms with Gasteiger partial charge in [-0.05, 0) is 45.5 Å². The first kappa shape index (κ1) is 14.3. The lowest BCUT2D eigenvalue weighted by Crippen LogP contribution is -2.51. The van der Waals surface area contributed by atoms with Gasteiger partial charge < -0.3 is 5.32 Å². The summed E-state index contributed by atoms with van der Waals surface area (Å²) in [7, 11) is 0. The number of nitrogens with zero attached hydrogens (tertiary/aromatic N) is 1. The van der Waals surface area contributed by atoms with E-state index < -0.39 is 0 Å². The highest BCUT2D eigenvalue weighted by atomic mass is 32.2. The Kier molecular flexibility index (Phi) is 6.16. The lowest BCUT2D eigenvalue weighted by atomic mass is 9.98. The summed E-state index contributed by atoms with van der Waals surface area (Å²) in [5.74, 6) is 1.27. The second-order valence-electron chi connectivity index (χ2n) is 5.18. The number of thioether (sulfide) groups is 1. The molecule has 0 amide bonds. The molecular formula is C13H28N2S. The van der Waals surface area contributed by atoms with E-state index in [1.165, 1.54) is 44.6 Å². The van der Waals surface area contributed by atoms with Gasteiger partial charge >= 0.3 is 0 Å². The number of nitrogens with one attached hydrogen (secondary N) is 1. The summed E-state index contributed by atoms with van der Waals surface area (Å²) in [4.78, 5) is 2.71. The minimum absolute atomic E-state index is 0.322. The molecule has 0 aromatic heterocycles. The van der Waals surface area contributed by atoms with Crippen LogP contribution in [0.25, 0.3) is 0 Å². The van der Waals surface area contributed by atoms with Gasteiger partial charge in [0, 0.05) is 23.9 Å². The number of rotatable bonds is 5. The van der Waals surface area contributed by atoms with Crippen molar-refractivity contribution in [2.45, 2.75) is 51.6 Å². The lowest BCUT2D eigenvalue weighted by Gasteiger charge is -2.36. The fraction of sp³-hybridized carbons (Fsp3) is 1.00. The Morgan fingerprint density at radius 1 is 1.44 bits per heavy atom. The van der Waals surface area contributed by atoms with Crippen LogP contribution in [0, 0.1) is 0 Å². The number of hydrogen-bond acceptors (Lipinski definition) is 3. The van der Waals surface area contributed by atoms with E-state index in [2.05, 4.69) is 37.2 Å². The van der Waals surface area contributed by atoms with Crippen LogP contribution in [0.1, 0.15) is 40.0 Å². The van der Waals surface area contributed by atoms with E-state index in [-0.39, 0.29) is 0 Å². The summed E-state index contributed by atoms with van der Waals surface area (Å²) in [5, 5.41) is 3.71. The topological polar surface area (TPSA) is 15.3 Å². The Hall–Kier alpha value is 0.270. The third-order valence-corrected chi connectivity index (χ3v) is 4.57. The van der Waals surface area contributed by atoms with Crippen molar-refractivity contribution in [1.29, 1.82) is 0 Å². The summed E-state index contributed by atoms with van der Waals surface area (Å²) >= 11 is 1.98. The zero-order valence-corrected chi connectivity index (χ0v) is 12.2. The minimum Gasteiger partial charge on any atom is -0.310 e. The van der Waals surface area contributed by atoms with Gasteiger partial charge in [0.15, 0.2) is 0 Å². The molecule has 1 N–H and O–H groups in total. The maximum atomic E-state index is 3.71. The van der Waals surface area contributed by atoms with E-state index in [1.54, 1.807) is 0 Å².